The molecule has 0 amide bonds. The van der Waals surface area contributed by atoms with Gasteiger partial charge in [-0.3, -0.25) is 10.1 Å². The van der Waals surface area contributed by atoms with Crippen LogP contribution in [0, 0.1) is 17.0 Å². The van der Waals surface area contributed by atoms with Crippen molar-refractivity contribution in [3.05, 3.63) is 63.6 Å². The van der Waals surface area contributed by atoms with E-state index in [1.165, 1.54) is 6.07 Å². The molecule has 1 aromatic carbocycles. The van der Waals surface area contributed by atoms with Crippen LogP contribution in [-0.4, -0.2) is 4.92 Å². The maximum Gasteiger partial charge on any atom is 0.273 e. The van der Waals surface area contributed by atoms with Gasteiger partial charge in [0, 0.05) is 18.2 Å². The SMILES string of the molecule is Cc1ccoc1CNCc1ccccc1[N+](=O)[O-]. The first-order valence-corrected chi connectivity index (χ1v) is 5.64. The summed E-state index contributed by atoms with van der Waals surface area (Å²) in [5.74, 6) is 0.855. The zero-order chi connectivity index (χ0) is 13.0. The molecule has 0 fully saturated rings. The molecule has 0 aliphatic heterocycles. The highest BCUT2D eigenvalue weighted by molar-refractivity contribution is 5.39. The number of aryl methyl sites for hydroxylation is 1. The maximum atomic E-state index is 10.8. The molecule has 0 aliphatic rings. The van der Waals surface area contributed by atoms with Gasteiger partial charge in [0.05, 0.1) is 17.7 Å². The van der Waals surface area contributed by atoms with Crippen LogP contribution >= 0.6 is 0 Å². The summed E-state index contributed by atoms with van der Waals surface area (Å²) >= 11 is 0. The molecular formula is C13H14N2O3. The van der Waals surface area contributed by atoms with Crippen LogP contribution in [0.4, 0.5) is 5.69 Å². The predicted molar refractivity (Wildman–Crippen MR) is 67.1 cm³/mol. The summed E-state index contributed by atoms with van der Waals surface area (Å²) in [6, 6.07) is 8.61. The molecule has 1 aromatic heterocycles. The van der Waals surface area contributed by atoms with Crippen LogP contribution in [0.1, 0.15) is 16.9 Å². The summed E-state index contributed by atoms with van der Waals surface area (Å²) in [7, 11) is 0. The Balaban J connectivity index is 1.99. The summed E-state index contributed by atoms with van der Waals surface area (Å²) in [6.45, 7) is 2.97. The molecule has 0 aliphatic carbocycles. The maximum absolute atomic E-state index is 10.8. The molecule has 0 saturated carbocycles. The molecule has 1 heterocycles. The van der Waals surface area contributed by atoms with Gasteiger partial charge in [-0.2, -0.15) is 0 Å². The number of nitrogens with one attached hydrogen (secondary N) is 1. The monoisotopic (exact) mass is 246 g/mol. The summed E-state index contributed by atoms with van der Waals surface area (Å²) in [6.07, 6.45) is 1.64. The number of nitro benzene ring substituents is 1. The molecule has 0 atom stereocenters. The summed E-state index contributed by atoms with van der Waals surface area (Å²) < 4.78 is 5.28. The average molecular weight is 246 g/mol. The minimum Gasteiger partial charge on any atom is -0.468 e. The molecule has 0 radical (unpaired) electrons. The molecule has 0 bridgehead atoms. The number of nitro groups is 1. The highest BCUT2D eigenvalue weighted by Gasteiger charge is 2.11. The minimum atomic E-state index is -0.366. The molecule has 2 aromatic rings. The Labute approximate surface area is 105 Å². The molecule has 18 heavy (non-hydrogen) atoms. The van der Waals surface area contributed by atoms with Gasteiger partial charge in [-0.05, 0) is 18.6 Å². The van der Waals surface area contributed by atoms with Crippen molar-refractivity contribution in [2.24, 2.45) is 0 Å². The van der Waals surface area contributed by atoms with Crippen molar-refractivity contribution in [2.75, 3.05) is 0 Å². The molecule has 5 heteroatoms. The van der Waals surface area contributed by atoms with Crippen molar-refractivity contribution in [3.63, 3.8) is 0 Å². The lowest BCUT2D eigenvalue weighted by Crippen LogP contribution is -2.13. The molecule has 5 nitrogen and oxygen atoms in total. The summed E-state index contributed by atoms with van der Waals surface area (Å²) in [4.78, 5) is 10.5. The van der Waals surface area contributed by atoms with Crippen LogP contribution in [0.15, 0.2) is 41.0 Å². The third-order valence-electron chi connectivity index (χ3n) is 2.76. The first-order chi connectivity index (χ1) is 8.68. The van der Waals surface area contributed by atoms with Gasteiger partial charge in [0.15, 0.2) is 0 Å². The molecular weight excluding hydrogens is 232 g/mol. The van der Waals surface area contributed by atoms with E-state index >= 15 is 0 Å². The van der Waals surface area contributed by atoms with Gasteiger partial charge in [-0.15, -0.1) is 0 Å². The second-order valence-corrected chi connectivity index (χ2v) is 4.02. The molecule has 1 N–H and O–H groups in total. The van der Waals surface area contributed by atoms with Gasteiger partial charge in [-0.25, -0.2) is 0 Å². The van der Waals surface area contributed by atoms with E-state index in [0.717, 1.165) is 11.3 Å². The fraction of sp³-hybridized carbons (Fsp3) is 0.231. The van der Waals surface area contributed by atoms with E-state index in [1.807, 2.05) is 13.0 Å². The van der Waals surface area contributed by atoms with E-state index in [2.05, 4.69) is 5.32 Å². The van der Waals surface area contributed by atoms with Crippen LogP contribution in [0.25, 0.3) is 0 Å². The van der Waals surface area contributed by atoms with E-state index < -0.39 is 0 Å². The number of hydrogen-bond acceptors (Lipinski definition) is 4. The molecule has 2 rings (SSSR count). The third-order valence-corrected chi connectivity index (χ3v) is 2.76. The zero-order valence-electron chi connectivity index (χ0n) is 10.1. The van der Waals surface area contributed by atoms with Crippen molar-refractivity contribution >= 4 is 5.69 Å². The lowest BCUT2D eigenvalue weighted by Gasteiger charge is -2.04. The number of rotatable bonds is 5. The highest BCUT2D eigenvalue weighted by Crippen LogP contribution is 2.17. The topological polar surface area (TPSA) is 68.3 Å². The van der Waals surface area contributed by atoms with E-state index in [9.17, 15) is 10.1 Å². The van der Waals surface area contributed by atoms with Crippen LogP contribution in [0.2, 0.25) is 0 Å². The molecule has 94 valence electrons. The average Bonchev–Trinajstić information content (AvgIpc) is 2.76. The van der Waals surface area contributed by atoms with Crippen molar-refractivity contribution < 1.29 is 9.34 Å². The Kier molecular flexibility index (Phi) is 3.74. The minimum absolute atomic E-state index is 0.140. The summed E-state index contributed by atoms with van der Waals surface area (Å²) in [5.41, 5.74) is 1.89. The van der Waals surface area contributed by atoms with Crippen molar-refractivity contribution in [2.45, 2.75) is 20.0 Å². The van der Waals surface area contributed by atoms with Gasteiger partial charge in [0.2, 0.25) is 0 Å². The van der Waals surface area contributed by atoms with Crippen LogP contribution in [-0.2, 0) is 13.1 Å². The van der Waals surface area contributed by atoms with E-state index in [1.54, 1.807) is 24.5 Å². The smallest absolute Gasteiger partial charge is 0.273 e. The van der Waals surface area contributed by atoms with Crippen LogP contribution in [0.3, 0.4) is 0 Å². The lowest BCUT2D eigenvalue weighted by atomic mass is 10.2. The van der Waals surface area contributed by atoms with Gasteiger partial charge in [0.1, 0.15) is 5.76 Å². The predicted octanol–water partition coefficient (Wildman–Crippen LogP) is 2.79. The second-order valence-electron chi connectivity index (χ2n) is 4.02. The van der Waals surface area contributed by atoms with E-state index in [4.69, 9.17) is 4.42 Å². The Morgan fingerprint density at radius 1 is 1.28 bits per heavy atom. The molecule has 0 spiro atoms. The Bertz CT molecular complexity index is 549. The zero-order valence-corrected chi connectivity index (χ0v) is 10.1. The van der Waals surface area contributed by atoms with Gasteiger partial charge < -0.3 is 9.73 Å². The van der Waals surface area contributed by atoms with E-state index in [0.29, 0.717) is 18.7 Å². The normalized spacial score (nSPS) is 10.5. The number of furan rings is 1. The Morgan fingerprint density at radius 3 is 2.72 bits per heavy atom. The second kappa shape index (κ2) is 5.46. The summed E-state index contributed by atoms with van der Waals surface area (Å²) in [5, 5.41) is 14.0. The van der Waals surface area contributed by atoms with Crippen LogP contribution in [0.5, 0.6) is 0 Å². The molecule has 0 unspecified atom stereocenters. The quantitative estimate of drug-likeness (QED) is 0.650. The fourth-order valence-electron chi connectivity index (χ4n) is 1.73. The fourth-order valence-corrected chi connectivity index (χ4v) is 1.73. The van der Waals surface area contributed by atoms with Crippen molar-refractivity contribution in [1.82, 2.24) is 5.32 Å². The highest BCUT2D eigenvalue weighted by atomic mass is 16.6. The van der Waals surface area contributed by atoms with Gasteiger partial charge in [0.25, 0.3) is 5.69 Å². The van der Waals surface area contributed by atoms with Crippen molar-refractivity contribution in [1.29, 1.82) is 0 Å². The Hall–Kier alpha value is -2.14. The Morgan fingerprint density at radius 2 is 2.06 bits per heavy atom. The lowest BCUT2D eigenvalue weighted by molar-refractivity contribution is -0.385. The number of benzene rings is 1. The number of nitrogens with zero attached hydrogens (tertiary/aromatic N) is 1. The number of para-hydroxylation sites is 1. The van der Waals surface area contributed by atoms with Gasteiger partial charge >= 0.3 is 0 Å². The van der Waals surface area contributed by atoms with Gasteiger partial charge in [-0.1, -0.05) is 18.2 Å². The first kappa shape index (κ1) is 12.3. The number of hydrogen-bond donors (Lipinski definition) is 1. The molecule has 0 saturated heterocycles. The standard InChI is InChI=1S/C13H14N2O3/c1-10-6-7-18-13(10)9-14-8-11-4-2-3-5-12(11)15(16)17/h2-7,14H,8-9H2,1H3. The van der Waals surface area contributed by atoms with Crippen molar-refractivity contribution in [3.8, 4) is 0 Å². The first-order valence-electron chi connectivity index (χ1n) is 5.64. The van der Waals surface area contributed by atoms with E-state index in [-0.39, 0.29) is 10.6 Å². The third kappa shape index (κ3) is 2.75. The van der Waals surface area contributed by atoms with Crippen LogP contribution < -0.4 is 5.32 Å². The largest absolute Gasteiger partial charge is 0.468 e.